The molecule has 37 heavy (non-hydrogen) atoms. The second-order valence-electron chi connectivity index (χ2n) is 7.81. The van der Waals surface area contributed by atoms with Crippen molar-refractivity contribution in [2.45, 2.75) is 12.6 Å². The molecule has 0 spiro atoms. The number of aromatic nitrogens is 4. The van der Waals surface area contributed by atoms with Gasteiger partial charge in [0.25, 0.3) is 0 Å². The molecule has 0 aliphatic carbocycles. The summed E-state index contributed by atoms with van der Waals surface area (Å²) in [5.74, 6) is -1.35. The molecular weight excluding hydrogens is 489 g/mol. The van der Waals surface area contributed by atoms with E-state index in [1.54, 1.807) is 26.6 Å². The summed E-state index contributed by atoms with van der Waals surface area (Å²) in [5.41, 5.74) is 4.78. The van der Waals surface area contributed by atoms with Gasteiger partial charge in [0.15, 0.2) is 17.1 Å². The summed E-state index contributed by atoms with van der Waals surface area (Å²) in [4.78, 5) is 17.9. The molecule has 190 valence electrons. The number of nitrogens with one attached hydrogen (secondary N) is 1. The number of aromatic amines is 1. The van der Waals surface area contributed by atoms with Crippen molar-refractivity contribution >= 4 is 27.8 Å². The fourth-order valence-electron chi connectivity index (χ4n) is 3.98. The molecule has 3 aromatic heterocycles. The first-order valence-electron chi connectivity index (χ1n) is 10.9. The van der Waals surface area contributed by atoms with Crippen LogP contribution in [0.2, 0.25) is 0 Å². The lowest BCUT2D eigenvalue weighted by atomic mass is 9.93. The summed E-state index contributed by atoms with van der Waals surface area (Å²) in [7, 11) is 3.33. The number of rotatable bonds is 5. The van der Waals surface area contributed by atoms with E-state index in [0.29, 0.717) is 12.2 Å². The highest BCUT2D eigenvalue weighted by Crippen LogP contribution is 2.43. The number of carboxylic acids is 1. The topological polar surface area (TPSA) is 110 Å². The largest absolute Gasteiger partial charge is 0.493 e. The van der Waals surface area contributed by atoms with Gasteiger partial charge >= 0.3 is 12.1 Å². The Kier molecular flexibility index (Phi) is 7.23. The lowest BCUT2D eigenvalue weighted by Crippen LogP contribution is -2.21. The summed E-state index contributed by atoms with van der Waals surface area (Å²) in [5, 5.41) is 17.4. The van der Waals surface area contributed by atoms with Crippen LogP contribution in [0.1, 0.15) is 11.1 Å². The van der Waals surface area contributed by atoms with E-state index in [9.17, 15) is 13.2 Å². The van der Waals surface area contributed by atoms with Gasteiger partial charge in [0.2, 0.25) is 0 Å². The van der Waals surface area contributed by atoms with Crippen LogP contribution in [0, 0.1) is 0 Å². The second-order valence-corrected chi connectivity index (χ2v) is 7.81. The number of H-pyrrole nitrogens is 1. The van der Waals surface area contributed by atoms with Gasteiger partial charge in [-0.2, -0.15) is 18.3 Å². The van der Waals surface area contributed by atoms with Crippen LogP contribution in [0.4, 0.5) is 13.2 Å². The van der Waals surface area contributed by atoms with Gasteiger partial charge < -0.3 is 14.6 Å². The van der Waals surface area contributed by atoms with E-state index in [4.69, 9.17) is 24.4 Å². The van der Waals surface area contributed by atoms with Crippen molar-refractivity contribution in [2.75, 3.05) is 14.2 Å². The number of fused-ring (bicyclic) bond motifs is 3. The van der Waals surface area contributed by atoms with Crippen LogP contribution in [-0.4, -0.2) is 51.6 Å². The number of pyridine rings is 2. The maximum Gasteiger partial charge on any atom is 0.490 e. The van der Waals surface area contributed by atoms with E-state index in [1.165, 1.54) is 5.56 Å². The molecule has 2 N–H and O–H groups in total. The van der Waals surface area contributed by atoms with Crippen molar-refractivity contribution in [3.05, 3.63) is 78.2 Å². The molecule has 0 unspecified atom stereocenters. The van der Waals surface area contributed by atoms with Gasteiger partial charge in [-0.3, -0.25) is 10.1 Å². The minimum atomic E-state index is -5.08. The summed E-state index contributed by atoms with van der Waals surface area (Å²) >= 11 is 0. The van der Waals surface area contributed by atoms with Crippen LogP contribution < -0.4 is 9.47 Å². The molecule has 2 aromatic carbocycles. The molecule has 3 heterocycles. The Morgan fingerprint density at radius 1 is 1.03 bits per heavy atom. The molecule has 0 aliphatic rings. The van der Waals surface area contributed by atoms with Gasteiger partial charge in [-0.25, -0.2) is 9.78 Å². The van der Waals surface area contributed by atoms with E-state index >= 15 is 0 Å². The number of carbonyl (C=O) groups is 1. The van der Waals surface area contributed by atoms with Crippen molar-refractivity contribution < 1.29 is 32.5 Å². The highest BCUT2D eigenvalue weighted by atomic mass is 19.4. The van der Waals surface area contributed by atoms with Gasteiger partial charge in [-0.15, -0.1) is 0 Å². The minimum absolute atomic E-state index is 0.677. The van der Waals surface area contributed by atoms with Crippen LogP contribution in [0.15, 0.2) is 67.1 Å². The predicted octanol–water partition coefficient (Wildman–Crippen LogP) is 5.41. The fourth-order valence-corrected chi connectivity index (χ4v) is 3.98. The quantitative estimate of drug-likeness (QED) is 0.325. The van der Waals surface area contributed by atoms with Crippen LogP contribution in [0.5, 0.6) is 11.5 Å². The van der Waals surface area contributed by atoms with E-state index < -0.39 is 12.1 Å². The average Bonchev–Trinajstić information content (AvgIpc) is 3.37. The van der Waals surface area contributed by atoms with E-state index in [-0.39, 0.29) is 0 Å². The maximum atomic E-state index is 10.6. The zero-order chi connectivity index (χ0) is 26.6. The summed E-state index contributed by atoms with van der Waals surface area (Å²) in [6, 6.07) is 16.2. The van der Waals surface area contributed by atoms with E-state index in [2.05, 4.69) is 27.3 Å². The van der Waals surface area contributed by atoms with Gasteiger partial charge in [-0.1, -0.05) is 30.3 Å². The first-order valence-corrected chi connectivity index (χ1v) is 10.9. The molecule has 0 radical (unpaired) electrons. The van der Waals surface area contributed by atoms with E-state index in [0.717, 1.165) is 44.4 Å². The van der Waals surface area contributed by atoms with Crippen molar-refractivity contribution in [2.24, 2.45) is 0 Å². The highest BCUT2D eigenvalue weighted by Gasteiger charge is 2.38. The Labute approximate surface area is 208 Å². The fraction of sp³-hybridized carbons (Fsp3) is 0.154. The maximum absolute atomic E-state index is 10.6. The first kappa shape index (κ1) is 25.4. The third kappa shape index (κ3) is 5.30. The average molecular weight is 510 g/mol. The summed E-state index contributed by atoms with van der Waals surface area (Å²) in [6.07, 6.45) is 0.969. The van der Waals surface area contributed by atoms with Gasteiger partial charge in [0.05, 0.1) is 26.1 Å². The van der Waals surface area contributed by atoms with Crippen LogP contribution in [0.25, 0.3) is 33.1 Å². The Bertz CT molecular complexity index is 1540. The molecule has 5 aromatic rings. The monoisotopic (exact) mass is 510 g/mol. The number of benzene rings is 2. The van der Waals surface area contributed by atoms with Crippen LogP contribution in [-0.2, 0) is 11.2 Å². The van der Waals surface area contributed by atoms with Gasteiger partial charge in [0, 0.05) is 46.1 Å². The number of methoxy groups -OCH3 is 2. The minimum Gasteiger partial charge on any atom is -0.493 e. The first-order chi connectivity index (χ1) is 17.7. The standard InChI is InChI=1S/C24H20N4O2.C2HF3O2/c1-29-20-13-17-21(18(23(20)30-2)12-15-6-4-3-5-7-15)19-14-26-28-24(19)27-22(17)16-8-10-25-11-9-16;3-2(4,5)1(6)7/h3-11,13-14H,12H2,1-2H3,(H,26,27,28);(H,6,7). The SMILES string of the molecule is COc1cc2c(-c3ccncc3)nc3[nH]ncc3c2c(Cc2ccccc2)c1OC.O=C(O)C(F)(F)F. The molecule has 0 atom stereocenters. The Hall–Kier alpha value is -4.67. The second kappa shape index (κ2) is 10.5. The van der Waals surface area contributed by atoms with Crippen LogP contribution in [0.3, 0.4) is 0 Å². The third-order valence-corrected chi connectivity index (χ3v) is 5.56. The molecule has 0 amide bonds. The number of hydrogen-bond donors (Lipinski definition) is 2. The number of nitrogens with zero attached hydrogens (tertiary/aromatic N) is 3. The zero-order valence-electron chi connectivity index (χ0n) is 19.7. The smallest absolute Gasteiger partial charge is 0.490 e. The van der Waals surface area contributed by atoms with Crippen molar-refractivity contribution in [1.82, 2.24) is 20.2 Å². The molecule has 0 saturated heterocycles. The molecule has 5 rings (SSSR count). The lowest BCUT2D eigenvalue weighted by molar-refractivity contribution is -0.192. The van der Waals surface area contributed by atoms with Crippen LogP contribution >= 0.6 is 0 Å². The number of hydrogen-bond acceptors (Lipinski definition) is 6. The third-order valence-electron chi connectivity index (χ3n) is 5.56. The van der Waals surface area contributed by atoms with Gasteiger partial charge in [0.1, 0.15) is 0 Å². The Morgan fingerprint density at radius 3 is 2.30 bits per heavy atom. The van der Waals surface area contributed by atoms with Gasteiger partial charge in [-0.05, 0) is 23.8 Å². The molecule has 8 nitrogen and oxygen atoms in total. The number of aliphatic carboxylic acids is 1. The number of alkyl halides is 3. The molecule has 11 heteroatoms. The molecule has 0 aliphatic heterocycles. The molecular formula is C26H21F3N4O4. The van der Waals surface area contributed by atoms with Crippen molar-refractivity contribution in [3.63, 3.8) is 0 Å². The lowest BCUT2D eigenvalue weighted by Gasteiger charge is -2.18. The van der Waals surface area contributed by atoms with Crippen molar-refractivity contribution in [3.8, 4) is 22.8 Å². The van der Waals surface area contributed by atoms with Crippen molar-refractivity contribution in [1.29, 1.82) is 0 Å². The number of halogens is 3. The predicted molar refractivity (Wildman–Crippen MR) is 131 cm³/mol. The Balaban J connectivity index is 0.000000405. The summed E-state index contributed by atoms with van der Waals surface area (Å²) < 4.78 is 43.3. The Morgan fingerprint density at radius 2 is 1.70 bits per heavy atom. The molecule has 0 saturated carbocycles. The summed E-state index contributed by atoms with van der Waals surface area (Å²) in [6.45, 7) is 0. The number of ether oxygens (including phenoxy) is 2. The number of carboxylic acid groups (broad SMARTS) is 1. The highest BCUT2D eigenvalue weighted by molar-refractivity contribution is 6.13. The normalized spacial score (nSPS) is 11.2. The molecule has 0 fully saturated rings. The zero-order valence-corrected chi connectivity index (χ0v) is 19.7. The molecule has 0 bridgehead atoms. The van der Waals surface area contributed by atoms with E-state index in [1.807, 2.05) is 42.6 Å².